The molecular weight excluding hydrogens is 307 g/mol. The Morgan fingerprint density at radius 3 is 2.62 bits per heavy atom. The number of hydrogen-bond donors (Lipinski definition) is 2. The van der Waals surface area contributed by atoms with Crippen LogP contribution in [0, 0.1) is 11.7 Å². The average molecular weight is 324 g/mol. The molecule has 1 amide bonds. The number of para-hydroxylation sites is 1. The van der Waals surface area contributed by atoms with Gasteiger partial charge in [0.1, 0.15) is 18.0 Å². The number of benzene rings is 2. The maximum Gasteiger partial charge on any atom is 0.222 e. The van der Waals surface area contributed by atoms with E-state index in [0.29, 0.717) is 18.8 Å². The minimum Gasteiger partial charge on any atom is -0.369 e. The van der Waals surface area contributed by atoms with E-state index < -0.39 is 11.8 Å². The summed E-state index contributed by atoms with van der Waals surface area (Å²) in [6.45, 7) is 0.341. The van der Waals surface area contributed by atoms with Gasteiger partial charge in [0.25, 0.3) is 0 Å². The van der Waals surface area contributed by atoms with Crippen molar-refractivity contribution in [2.24, 2.45) is 11.7 Å². The molecule has 1 aromatic heterocycles. The van der Waals surface area contributed by atoms with E-state index in [1.54, 1.807) is 12.1 Å². The summed E-state index contributed by atoms with van der Waals surface area (Å²) in [7, 11) is 0. The number of primary amides is 1. The number of hydrogen-bond acceptors (Lipinski definition) is 4. The fourth-order valence-corrected chi connectivity index (χ4v) is 2.54. The quantitative estimate of drug-likeness (QED) is 0.730. The molecule has 5 nitrogen and oxygen atoms in total. The van der Waals surface area contributed by atoms with Crippen LogP contribution in [-0.2, 0) is 11.2 Å². The van der Waals surface area contributed by atoms with Crippen molar-refractivity contribution >= 4 is 22.6 Å². The van der Waals surface area contributed by atoms with Gasteiger partial charge in [-0.05, 0) is 36.2 Å². The van der Waals surface area contributed by atoms with Gasteiger partial charge >= 0.3 is 0 Å². The number of anilines is 1. The molecule has 0 unspecified atom stereocenters. The van der Waals surface area contributed by atoms with Crippen molar-refractivity contribution < 1.29 is 9.18 Å². The van der Waals surface area contributed by atoms with Gasteiger partial charge in [0.2, 0.25) is 5.91 Å². The van der Waals surface area contributed by atoms with E-state index in [9.17, 15) is 9.18 Å². The molecule has 3 aromatic rings. The van der Waals surface area contributed by atoms with Crippen LogP contribution in [0.3, 0.4) is 0 Å². The van der Waals surface area contributed by atoms with E-state index in [-0.39, 0.29) is 5.82 Å². The molecule has 0 fully saturated rings. The minimum atomic E-state index is -0.427. The summed E-state index contributed by atoms with van der Waals surface area (Å²) in [5.41, 5.74) is 7.18. The van der Waals surface area contributed by atoms with E-state index in [1.807, 2.05) is 24.3 Å². The van der Waals surface area contributed by atoms with Crippen LogP contribution in [0.5, 0.6) is 0 Å². The lowest BCUT2D eigenvalue weighted by molar-refractivity contribution is -0.121. The summed E-state index contributed by atoms with van der Waals surface area (Å²) in [5, 5.41) is 4.05. The summed E-state index contributed by atoms with van der Waals surface area (Å²) in [6, 6.07) is 13.7. The summed E-state index contributed by atoms with van der Waals surface area (Å²) in [4.78, 5) is 20.2. The van der Waals surface area contributed by atoms with Crippen LogP contribution in [0.25, 0.3) is 10.9 Å². The fourth-order valence-electron chi connectivity index (χ4n) is 2.54. The topological polar surface area (TPSA) is 80.9 Å². The minimum absolute atomic E-state index is 0.306. The Labute approximate surface area is 138 Å². The number of carbonyl (C=O) groups excluding carboxylic acids is 1. The van der Waals surface area contributed by atoms with Crippen LogP contribution in [-0.4, -0.2) is 22.4 Å². The van der Waals surface area contributed by atoms with Crippen molar-refractivity contribution in [3.8, 4) is 0 Å². The third-order valence-corrected chi connectivity index (χ3v) is 3.86. The Bertz CT molecular complexity index is 846. The first kappa shape index (κ1) is 15.9. The molecule has 0 aliphatic heterocycles. The Hall–Kier alpha value is -3.02. The first-order chi connectivity index (χ1) is 11.6. The second kappa shape index (κ2) is 7.04. The molecule has 0 radical (unpaired) electrons. The molecule has 2 aromatic carbocycles. The van der Waals surface area contributed by atoms with E-state index in [2.05, 4.69) is 15.3 Å². The maximum atomic E-state index is 13.0. The summed E-state index contributed by atoms with van der Waals surface area (Å²) in [6.07, 6.45) is 1.91. The van der Waals surface area contributed by atoms with Crippen LogP contribution in [0.1, 0.15) is 5.56 Å². The summed E-state index contributed by atoms with van der Waals surface area (Å²) in [5.74, 6) is -0.486. The SMILES string of the molecule is NC(=O)[C@H](CNc1ncnc2ccccc12)Cc1ccc(F)cc1. The van der Waals surface area contributed by atoms with Crippen LogP contribution in [0.2, 0.25) is 0 Å². The van der Waals surface area contributed by atoms with E-state index >= 15 is 0 Å². The molecule has 122 valence electrons. The number of nitrogens with one attached hydrogen (secondary N) is 1. The highest BCUT2D eigenvalue weighted by atomic mass is 19.1. The van der Waals surface area contributed by atoms with Gasteiger partial charge < -0.3 is 11.1 Å². The van der Waals surface area contributed by atoms with Crippen molar-refractivity contribution in [3.63, 3.8) is 0 Å². The van der Waals surface area contributed by atoms with Crippen molar-refractivity contribution in [3.05, 3.63) is 66.2 Å². The molecule has 24 heavy (non-hydrogen) atoms. The number of carbonyl (C=O) groups is 1. The zero-order valence-corrected chi connectivity index (χ0v) is 12.9. The highest BCUT2D eigenvalue weighted by Gasteiger charge is 2.17. The van der Waals surface area contributed by atoms with Gasteiger partial charge in [-0.2, -0.15) is 0 Å². The van der Waals surface area contributed by atoms with Gasteiger partial charge in [-0.1, -0.05) is 24.3 Å². The Morgan fingerprint density at radius 1 is 1.12 bits per heavy atom. The Kier molecular flexibility index (Phi) is 4.65. The maximum absolute atomic E-state index is 13.0. The largest absolute Gasteiger partial charge is 0.369 e. The summed E-state index contributed by atoms with van der Waals surface area (Å²) < 4.78 is 13.0. The smallest absolute Gasteiger partial charge is 0.222 e. The first-order valence-electron chi connectivity index (χ1n) is 7.61. The van der Waals surface area contributed by atoms with Gasteiger partial charge in [-0.3, -0.25) is 4.79 Å². The van der Waals surface area contributed by atoms with Crippen molar-refractivity contribution in [2.45, 2.75) is 6.42 Å². The predicted molar refractivity (Wildman–Crippen MR) is 90.8 cm³/mol. The number of nitrogens with zero attached hydrogens (tertiary/aromatic N) is 2. The van der Waals surface area contributed by atoms with Crippen molar-refractivity contribution in [2.75, 3.05) is 11.9 Å². The normalized spacial score (nSPS) is 12.0. The van der Waals surface area contributed by atoms with Crippen molar-refractivity contribution in [1.82, 2.24) is 9.97 Å². The molecule has 0 saturated heterocycles. The lowest BCUT2D eigenvalue weighted by atomic mass is 9.98. The molecule has 3 N–H and O–H groups in total. The highest BCUT2D eigenvalue weighted by Crippen LogP contribution is 2.19. The average Bonchev–Trinajstić information content (AvgIpc) is 2.60. The molecule has 0 aliphatic rings. The Balaban J connectivity index is 1.74. The number of nitrogens with two attached hydrogens (primary N) is 1. The Morgan fingerprint density at radius 2 is 1.88 bits per heavy atom. The molecule has 1 atom stereocenters. The van der Waals surface area contributed by atoms with Gasteiger partial charge in [-0.15, -0.1) is 0 Å². The number of rotatable bonds is 6. The lowest BCUT2D eigenvalue weighted by Gasteiger charge is -2.15. The molecule has 1 heterocycles. The van der Waals surface area contributed by atoms with Gasteiger partial charge in [0.15, 0.2) is 0 Å². The van der Waals surface area contributed by atoms with Gasteiger partial charge in [0.05, 0.1) is 11.4 Å². The van der Waals surface area contributed by atoms with Gasteiger partial charge in [0, 0.05) is 11.9 Å². The number of amides is 1. The fraction of sp³-hybridized carbons (Fsp3) is 0.167. The standard InChI is InChI=1S/C18H17FN4O/c19-14-7-5-12(6-8-14)9-13(17(20)24)10-21-18-15-3-1-2-4-16(15)22-11-23-18/h1-8,11,13H,9-10H2,(H2,20,24)(H,21,22,23)/t13-/m0/s1. The summed E-state index contributed by atoms with van der Waals surface area (Å²) >= 11 is 0. The number of aromatic nitrogens is 2. The van der Waals surface area contributed by atoms with E-state index in [4.69, 9.17) is 5.73 Å². The molecule has 0 saturated carbocycles. The molecule has 3 rings (SSSR count). The van der Waals surface area contributed by atoms with E-state index in [0.717, 1.165) is 16.5 Å². The first-order valence-corrected chi connectivity index (χ1v) is 7.61. The van der Waals surface area contributed by atoms with Crippen LogP contribution >= 0.6 is 0 Å². The zero-order chi connectivity index (χ0) is 16.9. The third kappa shape index (κ3) is 3.65. The van der Waals surface area contributed by atoms with Gasteiger partial charge in [-0.25, -0.2) is 14.4 Å². The highest BCUT2D eigenvalue weighted by molar-refractivity contribution is 5.88. The molecule has 0 aliphatic carbocycles. The van der Waals surface area contributed by atoms with Crippen LogP contribution in [0.4, 0.5) is 10.2 Å². The number of fused-ring (bicyclic) bond motifs is 1. The molecule has 0 bridgehead atoms. The second-order valence-electron chi connectivity index (χ2n) is 5.55. The number of halogens is 1. The van der Waals surface area contributed by atoms with E-state index in [1.165, 1.54) is 18.5 Å². The molecule has 6 heteroatoms. The van der Waals surface area contributed by atoms with Crippen LogP contribution < -0.4 is 11.1 Å². The zero-order valence-electron chi connectivity index (χ0n) is 12.9. The lowest BCUT2D eigenvalue weighted by Crippen LogP contribution is -2.31. The second-order valence-corrected chi connectivity index (χ2v) is 5.55. The van der Waals surface area contributed by atoms with Crippen LogP contribution in [0.15, 0.2) is 54.9 Å². The van der Waals surface area contributed by atoms with Crippen molar-refractivity contribution in [1.29, 1.82) is 0 Å². The monoisotopic (exact) mass is 324 g/mol. The molecular formula is C18H17FN4O. The third-order valence-electron chi connectivity index (χ3n) is 3.86. The molecule has 0 spiro atoms. The predicted octanol–water partition coefficient (Wildman–Crippen LogP) is 2.53.